The van der Waals surface area contributed by atoms with Gasteiger partial charge in [0.05, 0.1) is 11.1 Å². The number of rotatable bonds is 4. The van der Waals surface area contributed by atoms with E-state index < -0.39 is 11.7 Å². The van der Waals surface area contributed by atoms with Crippen LogP contribution in [-0.4, -0.2) is 24.0 Å². The van der Waals surface area contributed by atoms with Gasteiger partial charge in [-0.1, -0.05) is 41.4 Å². The number of alkyl halides is 3. The summed E-state index contributed by atoms with van der Waals surface area (Å²) in [7, 11) is 0. The lowest BCUT2D eigenvalue weighted by Gasteiger charge is -2.29. The lowest BCUT2D eigenvalue weighted by molar-refractivity contribution is -0.137. The van der Waals surface area contributed by atoms with E-state index >= 15 is 0 Å². The first-order valence-electron chi connectivity index (χ1n) is 10.4. The molecule has 2 aromatic carbocycles. The van der Waals surface area contributed by atoms with Crippen LogP contribution in [0.4, 0.5) is 24.7 Å². The number of aromatic nitrogens is 1. The van der Waals surface area contributed by atoms with Gasteiger partial charge >= 0.3 is 6.18 Å². The number of halogens is 4. The topological polar surface area (TPSA) is 45.2 Å². The van der Waals surface area contributed by atoms with Crippen LogP contribution >= 0.6 is 11.6 Å². The van der Waals surface area contributed by atoms with Crippen LogP contribution in [0.1, 0.15) is 34.3 Å². The average molecular weight is 472 g/mol. The third-order valence-corrected chi connectivity index (χ3v) is 5.72. The highest BCUT2D eigenvalue weighted by Crippen LogP contribution is 2.34. The number of carbonyl (C=O) groups is 1. The van der Waals surface area contributed by atoms with E-state index in [1.54, 1.807) is 48.5 Å². The fourth-order valence-corrected chi connectivity index (χ4v) is 3.84. The van der Waals surface area contributed by atoms with Gasteiger partial charge < -0.3 is 10.2 Å². The van der Waals surface area contributed by atoms with Crippen LogP contribution in [0.5, 0.6) is 0 Å². The largest absolute Gasteiger partial charge is 0.416 e. The molecule has 1 N–H and O–H groups in total. The molecule has 2 heterocycles. The number of amides is 1. The van der Waals surface area contributed by atoms with E-state index in [0.717, 1.165) is 17.5 Å². The van der Waals surface area contributed by atoms with E-state index in [1.807, 2.05) is 0 Å². The van der Waals surface area contributed by atoms with Crippen LogP contribution in [0.15, 0.2) is 72.4 Å². The highest BCUT2D eigenvalue weighted by Gasteiger charge is 2.32. The summed E-state index contributed by atoms with van der Waals surface area (Å²) >= 11 is 5.85. The zero-order chi connectivity index (χ0) is 23.4. The number of hydrogen-bond donors (Lipinski definition) is 1. The molecule has 0 aliphatic carbocycles. The van der Waals surface area contributed by atoms with Crippen molar-refractivity contribution in [3.8, 4) is 0 Å². The van der Waals surface area contributed by atoms with Crippen molar-refractivity contribution in [3.63, 3.8) is 0 Å². The Hall–Kier alpha value is -3.32. The van der Waals surface area contributed by atoms with Crippen LogP contribution in [0, 0.1) is 0 Å². The Kier molecular flexibility index (Phi) is 6.70. The molecule has 4 nitrogen and oxygen atoms in total. The maximum Gasteiger partial charge on any atom is 0.416 e. The number of hydrogen-bond acceptors (Lipinski definition) is 3. The molecule has 0 atom stereocenters. The van der Waals surface area contributed by atoms with Crippen molar-refractivity contribution in [2.24, 2.45) is 0 Å². The summed E-state index contributed by atoms with van der Waals surface area (Å²) in [6.45, 7) is 1.28. The minimum Gasteiger partial charge on any atom is -0.356 e. The van der Waals surface area contributed by atoms with E-state index in [9.17, 15) is 18.0 Å². The van der Waals surface area contributed by atoms with Crippen molar-refractivity contribution >= 4 is 35.1 Å². The third-order valence-electron chi connectivity index (χ3n) is 5.47. The highest BCUT2D eigenvalue weighted by molar-refractivity contribution is 6.30. The second kappa shape index (κ2) is 9.67. The third kappa shape index (κ3) is 5.73. The van der Waals surface area contributed by atoms with Gasteiger partial charge in [0.1, 0.15) is 5.82 Å². The zero-order valence-corrected chi connectivity index (χ0v) is 18.3. The molecule has 0 bridgehead atoms. The lowest BCUT2D eigenvalue weighted by atomic mass is 9.98. The van der Waals surface area contributed by atoms with Gasteiger partial charge in [-0.2, -0.15) is 13.2 Å². The van der Waals surface area contributed by atoms with Crippen molar-refractivity contribution in [2.75, 3.05) is 23.3 Å². The van der Waals surface area contributed by atoms with Crippen LogP contribution in [0.3, 0.4) is 0 Å². The second-order valence-corrected chi connectivity index (χ2v) is 8.18. The molecule has 4 rings (SSSR count). The van der Waals surface area contributed by atoms with Crippen molar-refractivity contribution in [3.05, 3.63) is 94.1 Å². The Bertz CT molecular complexity index is 1150. The zero-order valence-electron chi connectivity index (χ0n) is 17.6. The number of nitrogens with zero attached hydrogens (tertiary/aromatic N) is 2. The SMILES string of the molecule is O=C(Nc1ccc(Cl)cc1)c1ccc(N2CCC(=Cc3ccccc3C(F)(F)F)CC2)nc1. The van der Waals surface area contributed by atoms with Gasteiger partial charge in [0.25, 0.3) is 5.91 Å². The number of benzene rings is 2. The molecule has 0 unspecified atom stereocenters. The fourth-order valence-electron chi connectivity index (χ4n) is 3.71. The Morgan fingerprint density at radius 3 is 2.33 bits per heavy atom. The molecule has 3 aromatic rings. The number of carbonyl (C=O) groups excluding carboxylic acids is 1. The Balaban J connectivity index is 1.38. The molecule has 1 aliphatic heterocycles. The predicted octanol–water partition coefficient (Wildman–Crippen LogP) is 6.69. The van der Waals surface area contributed by atoms with Gasteiger partial charge in [-0.3, -0.25) is 4.79 Å². The Morgan fingerprint density at radius 2 is 1.70 bits per heavy atom. The predicted molar refractivity (Wildman–Crippen MR) is 125 cm³/mol. The molecule has 0 radical (unpaired) electrons. The molecule has 1 aliphatic rings. The summed E-state index contributed by atoms with van der Waals surface area (Å²) in [6, 6.07) is 15.9. The molecule has 0 spiro atoms. The van der Waals surface area contributed by atoms with Crippen molar-refractivity contribution < 1.29 is 18.0 Å². The molecule has 1 amide bonds. The first-order valence-corrected chi connectivity index (χ1v) is 10.8. The molecule has 170 valence electrons. The summed E-state index contributed by atoms with van der Waals surface area (Å²) in [5.41, 5.74) is 1.62. The minimum absolute atomic E-state index is 0.197. The summed E-state index contributed by atoms with van der Waals surface area (Å²) < 4.78 is 39.7. The van der Waals surface area contributed by atoms with E-state index in [2.05, 4.69) is 15.2 Å². The summed E-state index contributed by atoms with van der Waals surface area (Å²) in [5.74, 6) is 0.455. The van der Waals surface area contributed by atoms with E-state index in [4.69, 9.17) is 11.6 Å². The minimum atomic E-state index is -4.38. The van der Waals surface area contributed by atoms with Gasteiger partial charge in [-0.15, -0.1) is 0 Å². The Morgan fingerprint density at radius 1 is 1.00 bits per heavy atom. The smallest absolute Gasteiger partial charge is 0.356 e. The van der Waals surface area contributed by atoms with Gasteiger partial charge in [-0.05, 0) is 60.9 Å². The van der Waals surface area contributed by atoms with Crippen molar-refractivity contribution in [1.29, 1.82) is 0 Å². The quantitative estimate of drug-likeness (QED) is 0.461. The van der Waals surface area contributed by atoms with Crippen molar-refractivity contribution in [1.82, 2.24) is 4.98 Å². The maximum atomic E-state index is 13.2. The van der Waals surface area contributed by atoms with Crippen LogP contribution < -0.4 is 10.2 Å². The first-order chi connectivity index (χ1) is 15.8. The fraction of sp³-hybridized carbons (Fsp3) is 0.200. The van der Waals surface area contributed by atoms with Crippen LogP contribution in [0.25, 0.3) is 6.08 Å². The maximum absolute atomic E-state index is 13.2. The molecule has 1 fully saturated rings. The summed E-state index contributed by atoms with van der Waals surface area (Å²) in [5, 5.41) is 3.38. The molecule has 1 saturated heterocycles. The summed E-state index contributed by atoms with van der Waals surface area (Å²) in [4.78, 5) is 18.9. The highest BCUT2D eigenvalue weighted by atomic mass is 35.5. The molecule has 1 aromatic heterocycles. The monoisotopic (exact) mass is 471 g/mol. The Labute approximate surface area is 194 Å². The van der Waals surface area contributed by atoms with Crippen LogP contribution in [-0.2, 0) is 6.18 Å². The first kappa shape index (κ1) is 22.9. The molecule has 33 heavy (non-hydrogen) atoms. The van der Waals surface area contributed by atoms with Crippen LogP contribution in [0.2, 0.25) is 5.02 Å². The van der Waals surface area contributed by atoms with E-state index in [-0.39, 0.29) is 11.5 Å². The average Bonchev–Trinajstić information content (AvgIpc) is 2.81. The number of pyridine rings is 1. The number of nitrogens with one attached hydrogen (secondary N) is 1. The standard InChI is InChI=1S/C25H21ClF3N3O/c26-20-6-8-21(9-7-20)31-24(33)19-5-10-23(30-16-19)32-13-11-17(12-14-32)15-18-3-1-2-4-22(18)25(27,28)29/h1-10,15-16H,11-14H2,(H,31,33). The normalized spacial score (nSPS) is 14.2. The number of anilines is 2. The molecular formula is C25H21ClF3N3O. The van der Waals surface area contributed by atoms with Gasteiger partial charge in [0, 0.05) is 30.0 Å². The summed E-state index contributed by atoms with van der Waals surface area (Å²) in [6.07, 6.45) is 0.0858. The lowest BCUT2D eigenvalue weighted by Crippen LogP contribution is -2.31. The molecule has 8 heteroatoms. The van der Waals surface area contributed by atoms with Gasteiger partial charge in [0.2, 0.25) is 0 Å². The van der Waals surface area contributed by atoms with E-state index in [0.29, 0.717) is 42.2 Å². The van der Waals surface area contributed by atoms with Gasteiger partial charge in [0.15, 0.2) is 0 Å². The van der Waals surface area contributed by atoms with Gasteiger partial charge in [-0.25, -0.2) is 4.98 Å². The van der Waals surface area contributed by atoms with E-state index in [1.165, 1.54) is 18.3 Å². The second-order valence-electron chi connectivity index (χ2n) is 7.74. The molecule has 0 saturated carbocycles. The molecular weight excluding hydrogens is 451 g/mol. The number of piperidine rings is 1. The van der Waals surface area contributed by atoms with Crippen molar-refractivity contribution in [2.45, 2.75) is 19.0 Å².